The van der Waals surface area contributed by atoms with E-state index in [0.717, 1.165) is 28.3 Å². The Morgan fingerprint density at radius 3 is 2.60 bits per heavy atom. The van der Waals surface area contributed by atoms with Gasteiger partial charge in [-0.15, -0.1) is 11.3 Å². The lowest BCUT2D eigenvalue weighted by Gasteiger charge is -2.22. The predicted molar refractivity (Wildman–Crippen MR) is 100.0 cm³/mol. The van der Waals surface area contributed by atoms with Crippen molar-refractivity contribution in [3.8, 4) is 16.5 Å². The molecule has 1 atom stereocenters. The number of aromatic nitrogens is 2. The number of methoxy groups -OCH3 is 1. The lowest BCUT2D eigenvalue weighted by molar-refractivity contribution is 0.202. The van der Waals surface area contributed by atoms with Crippen LogP contribution in [0.5, 0.6) is 5.75 Å². The van der Waals surface area contributed by atoms with E-state index in [0.29, 0.717) is 11.7 Å². The fraction of sp³-hybridized carbons (Fsp3) is 0.368. The van der Waals surface area contributed by atoms with E-state index in [-0.39, 0.29) is 6.04 Å². The number of thiophene rings is 1. The fourth-order valence-corrected chi connectivity index (χ4v) is 3.63. The Morgan fingerprint density at radius 2 is 2.00 bits per heavy atom. The van der Waals surface area contributed by atoms with E-state index in [1.807, 2.05) is 17.5 Å². The largest absolute Gasteiger partial charge is 0.496 e. The molecule has 2 heterocycles. The molecule has 0 radical (unpaired) electrons. The second-order valence-electron chi connectivity index (χ2n) is 6.29. The second kappa shape index (κ2) is 7.37. The summed E-state index contributed by atoms with van der Waals surface area (Å²) in [6, 6.07) is 8.35. The molecule has 0 N–H and O–H groups in total. The maximum atomic E-state index is 5.48. The number of nitrogens with zero attached hydrogens (tertiary/aromatic N) is 3. The van der Waals surface area contributed by atoms with Crippen LogP contribution in [-0.2, 0) is 6.54 Å². The minimum Gasteiger partial charge on any atom is -0.496 e. The first kappa shape index (κ1) is 17.6. The van der Waals surface area contributed by atoms with Crippen LogP contribution >= 0.6 is 11.3 Å². The van der Waals surface area contributed by atoms with E-state index in [1.54, 1.807) is 18.4 Å². The average Bonchev–Trinajstić information content (AvgIpc) is 3.25. The first-order valence-electron chi connectivity index (χ1n) is 8.21. The predicted octanol–water partition coefficient (Wildman–Crippen LogP) is 4.62. The van der Waals surface area contributed by atoms with Gasteiger partial charge in [0, 0.05) is 6.54 Å². The van der Waals surface area contributed by atoms with Crippen LogP contribution < -0.4 is 4.74 Å². The molecule has 0 bridgehead atoms. The Hall–Kier alpha value is -2.18. The molecule has 6 heteroatoms. The van der Waals surface area contributed by atoms with Crippen LogP contribution in [0.15, 0.2) is 34.2 Å². The fourth-order valence-electron chi connectivity index (χ4n) is 2.98. The first-order valence-corrected chi connectivity index (χ1v) is 9.09. The van der Waals surface area contributed by atoms with Gasteiger partial charge in [0.1, 0.15) is 5.75 Å². The number of aryl methyl sites for hydroxylation is 2. The van der Waals surface area contributed by atoms with E-state index in [4.69, 9.17) is 9.26 Å². The molecule has 1 unspecified atom stereocenters. The number of hydrogen-bond donors (Lipinski definition) is 0. The minimum atomic E-state index is 0.0314. The van der Waals surface area contributed by atoms with Gasteiger partial charge in [0.15, 0.2) is 0 Å². The molecule has 0 saturated carbocycles. The molecule has 0 saturated heterocycles. The maximum Gasteiger partial charge on any atom is 0.244 e. The van der Waals surface area contributed by atoms with Crippen molar-refractivity contribution in [1.82, 2.24) is 15.0 Å². The molecule has 2 aromatic heterocycles. The van der Waals surface area contributed by atoms with Crippen LogP contribution in [0.2, 0.25) is 0 Å². The van der Waals surface area contributed by atoms with Crippen LogP contribution in [0.4, 0.5) is 0 Å². The van der Waals surface area contributed by atoms with Crippen molar-refractivity contribution in [1.29, 1.82) is 0 Å². The Bertz CT molecular complexity index is 819. The summed E-state index contributed by atoms with van der Waals surface area (Å²) in [6.45, 7) is 7.02. The molecule has 5 nitrogen and oxygen atoms in total. The molecule has 132 valence electrons. The summed E-state index contributed by atoms with van der Waals surface area (Å²) in [5.74, 6) is 2.24. The van der Waals surface area contributed by atoms with Gasteiger partial charge in [-0.3, -0.25) is 4.90 Å². The number of hydrogen-bond acceptors (Lipinski definition) is 6. The summed E-state index contributed by atoms with van der Waals surface area (Å²) in [5.41, 5.74) is 3.54. The zero-order valence-corrected chi connectivity index (χ0v) is 16.1. The molecule has 0 aliphatic heterocycles. The standard InChI is InChI=1S/C19H23N3O2S/c1-12-9-15(10-13(2)17(12)23-5)11-22(4)14(3)19-20-18(21-24-19)16-7-6-8-25-16/h6-10,14H,11H2,1-5H3. The van der Waals surface area contributed by atoms with Gasteiger partial charge in [-0.2, -0.15) is 4.98 Å². The highest BCUT2D eigenvalue weighted by molar-refractivity contribution is 7.13. The normalized spacial score (nSPS) is 12.6. The molecular formula is C19H23N3O2S. The van der Waals surface area contributed by atoms with Crippen molar-refractivity contribution in [2.75, 3.05) is 14.2 Å². The summed E-state index contributed by atoms with van der Waals surface area (Å²) < 4.78 is 10.9. The van der Waals surface area contributed by atoms with Gasteiger partial charge < -0.3 is 9.26 Å². The first-order chi connectivity index (χ1) is 12.0. The van der Waals surface area contributed by atoms with Gasteiger partial charge in [0.05, 0.1) is 18.0 Å². The lowest BCUT2D eigenvalue weighted by Crippen LogP contribution is -2.22. The van der Waals surface area contributed by atoms with Crippen LogP contribution in [0, 0.1) is 13.8 Å². The average molecular weight is 357 g/mol. The number of benzene rings is 1. The molecule has 25 heavy (non-hydrogen) atoms. The third kappa shape index (κ3) is 3.75. The Morgan fingerprint density at radius 1 is 1.28 bits per heavy atom. The van der Waals surface area contributed by atoms with Crippen molar-refractivity contribution in [3.05, 3.63) is 52.2 Å². The molecule has 3 aromatic rings. The van der Waals surface area contributed by atoms with Crippen LogP contribution in [0.1, 0.15) is 35.5 Å². The molecular weight excluding hydrogens is 334 g/mol. The lowest BCUT2D eigenvalue weighted by atomic mass is 10.0. The smallest absolute Gasteiger partial charge is 0.244 e. The van der Waals surface area contributed by atoms with Gasteiger partial charge in [0.25, 0.3) is 0 Å². The SMILES string of the molecule is COc1c(C)cc(CN(C)C(C)c2nc(-c3cccs3)no2)cc1C. The van der Waals surface area contributed by atoms with Crippen LogP contribution in [-0.4, -0.2) is 29.2 Å². The van der Waals surface area contributed by atoms with Crippen molar-refractivity contribution < 1.29 is 9.26 Å². The van der Waals surface area contributed by atoms with E-state index >= 15 is 0 Å². The van der Waals surface area contributed by atoms with Crippen molar-refractivity contribution in [3.63, 3.8) is 0 Å². The van der Waals surface area contributed by atoms with E-state index in [2.05, 4.69) is 55.0 Å². The van der Waals surface area contributed by atoms with Crippen molar-refractivity contribution in [2.24, 2.45) is 0 Å². The molecule has 3 rings (SSSR count). The Balaban J connectivity index is 1.74. The highest BCUT2D eigenvalue weighted by Crippen LogP contribution is 2.28. The highest BCUT2D eigenvalue weighted by atomic mass is 32.1. The van der Waals surface area contributed by atoms with Crippen molar-refractivity contribution in [2.45, 2.75) is 33.4 Å². The zero-order valence-electron chi connectivity index (χ0n) is 15.2. The van der Waals surface area contributed by atoms with Crippen LogP contribution in [0.3, 0.4) is 0 Å². The van der Waals surface area contributed by atoms with E-state index < -0.39 is 0 Å². The Labute approximate surface area is 152 Å². The van der Waals surface area contributed by atoms with E-state index in [1.165, 1.54) is 5.56 Å². The van der Waals surface area contributed by atoms with Crippen molar-refractivity contribution >= 4 is 11.3 Å². The zero-order chi connectivity index (χ0) is 18.0. The topological polar surface area (TPSA) is 51.4 Å². The quantitative estimate of drug-likeness (QED) is 0.644. The summed E-state index contributed by atoms with van der Waals surface area (Å²) in [4.78, 5) is 7.77. The van der Waals surface area contributed by atoms with E-state index in [9.17, 15) is 0 Å². The van der Waals surface area contributed by atoms with Gasteiger partial charge in [0.2, 0.25) is 11.7 Å². The molecule has 0 aliphatic rings. The highest BCUT2D eigenvalue weighted by Gasteiger charge is 2.20. The summed E-state index contributed by atoms with van der Waals surface area (Å²) in [7, 11) is 3.78. The summed E-state index contributed by atoms with van der Waals surface area (Å²) >= 11 is 1.61. The van der Waals surface area contributed by atoms with Gasteiger partial charge in [-0.1, -0.05) is 23.4 Å². The molecule has 0 fully saturated rings. The Kier molecular flexibility index (Phi) is 5.20. The molecule has 1 aromatic carbocycles. The third-order valence-corrected chi connectivity index (χ3v) is 5.22. The third-order valence-electron chi connectivity index (χ3n) is 4.36. The second-order valence-corrected chi connectivity index (χ2v) is 7.24. The molecule has 0 amide bonds. The van der Waals surface area contributed by atoms with Gasteiger partial charge >= 0.3 is 0 Å². The van der Waals surface area contributed by atoms with Gasteiger partial charge in [-0.05, 0) is 56.0 Å². The summed E-state index contributed by atoms with van der Waals surface area (Å²) in [6.07, 6.45) is 0. The summed E-state index contributed by atoms with van der Waals surface area (Å²) in [5, 5.41) is 6.11. The van der Waals surface area contributed by atoms with Crippen LogP contribution in [0.25, 0.3) is 10.7 Å². The monoisotopic (exact) mass is 357 g/mol. The minimum absolute atomic E-state index is 0.0314. The van der Waals surface area contributed by atoms with Gasteiger partial charge in [-0.25, -0.2) is 0 Å². The number of rotatable bonds is 6. The molecule has 0 spiro atoms. The number of ether oxygens (including phenoxy) is 1. The maximum absolute atomic E-state index is 5.48. The molecule has 0 aliphatic carbocycles.